The highest BCUT2D eigenvalue weighted by Crippen LogP contribution is 2.20. The number of β-amino-alcohol motifs (C(OH)–C–C–N with tert-alkyl or cyclic N) is 1. The molecule has 0 amide bonds. The van der Waals surface area contributed by atoms with E-state index >= 15 is 0 Å². The monoisotopic (exact) mass is 433 g/mol. The van der Waals surface area contributed by atoms with Crippen LogP contribution in [0, 0.1) is 20.8 Å². The average molecular weight is 434 g/mol. The first-order valence-electron chi connectivity index (χ1n) is 10.3. The molecule has 1 unspecified atom stereocenters. The Morgan fingerprint density at radius 2 is 1.73 bits per heavy atom. The number of carbonyl (C=O) groups excluding carboxylic acids is 1. The molecule has 0 saturated heterocycles. The maximum Gasteiger partial charge on any atom is 0.163 e. The van der Waals surface area contributed by atoms with Gasteiger partial charge in [-0.15, -0.1) is 12.4 Å². The highest BCUT2D eigenvalue weighted by Gasteiger charge is 2.14. The molecular weight excluding hydrogens is 398 g/mol. The summed E-state index contributed by atoms with van der Waals surface area (Å²) in [6.45, 7) is 12.9. The molecule has 0 spiro atoms. The van der Waals surface area contributed by atoms with E-state index in [2.05, 4.69) is 45.1 Å². The van der Waals surface area contributed by atoms with E-state index in [1.54, 1.807) is 0 Å². The molecule has 0 aliphatic rings. The van der Waals surface area contributed by atoms with Gasteiger partial charge in [-0.2, -0.15) is 0 Å². The quantitative estimate of drug-likeness (QED) is 0.547. The summed E-state index contributed by atoms with van der Waals surface area (Å²) < 4.78 is 5.74. The van der Waals surface area contributed by atoms with Crippen LogP contribution in [-0.4, -0.2) is 35.7 Å². The number of hydrogen-bond acceptors (Lipinski definition) is 4. The number of hydrogen-bond donors (Lipinski definition) is 2. The smallest absolute Gasteiger partial charge is 0.163 e. The van der Waals surface area contributed by atoms with Gasteiger partial charge < -0.3 is 15.2 Å². The van der Waals surface area contributed by atoms with Crippen LogP contribution >= 0.6 is 12.4 Å². The molecule has 2 aromatic carbocycles. The van der Waals surface area contributed by atoms with Crippen LogP contribution in [-0.2, 0) is 6.42 Å². The summed E-state index contributed by atoms with van der Waals surface area (Å²) in [4.78, 5) is 12.8. The van der Waals surface area contributed by atoms with Crippen LogP contribution in [0.25, 0.3) is 0 Å². The number of benzene rings is 2. The fourth-order valence-electron chi connectivity index (χ4n) is 3.47. The summed E-state index contributed by atoms with van der Waals surface area (Å²) in [5.41, 5.74) is 5.13. The van der Waals surface area contributed by atoms with Gasteiger partial charge in [-0.1, -0.05) is 29.8 Å². The Morgan fingerprint density at radius 1 is 1.10 bits per heavy atom. The van der Waals surface area contributed by atoms with E-state index in [0.717, 1.165) is 22.3 Å². The first kappa shape index (κ1) is 26.2. The minimum absolute atomic E-state index is 0. The van der Waals surface area contributed by atoms with Gasteiger partial charge in [-0.25, -0.2) is 0 Å². The molecule has 166 valence electrons. The van der Waals surface area contributed by atoms with Crippen molar-refractivity contribution in [3.05, 3.63) is 64.2 Å². The van der Waals surface area contributed by atoms with Gasteiger partial charge in [0.1, 0.15) is 18.5 Å². The van der Waals surface area contributed by atoms with Crippen LogP contribution in [0.15, 0.2) is 36.4 Å². The van der Waals surface area contributed by atoms with Gasteiger partial charge in [-0.05, 0) is 76.8 Å². The SMILES string of the molecule is Cc1cc(C)c(C(=O)CCc2cccc(OCC(O)CNC(C)(C)C)c2)c(C)c1.Cl. The molecule has 4 nitrogen and oxygen atoms in total. The van der Waals surface area contributed by atoms with Gasteiger partial charge in [0.05, 0.1) is 0 Å². The number of ether oxygens (including phenoxy) is 1. The Hall–Kier alpha value is -1.88. The van der Waals surface area contributed by atoms with Gasteiger partial charge in [0.15, 0.2) is 5.78 Å². The first-order valence-corrected chi connectivity index (χ1v) is 10.3. The summed E-state index contributed by atoms with van der Waals surface area (Å²) in [6, 6.07) is 11.9. The van der Waals surface area contributed by atoms with Crippen molar-refractivity contribution in [2.75, 3.05) is 13.2 Å². The molecule has 0 aliphatic carbocycles. The summed E-state index contributed by atoms with van der Waals surface area (Å²) in [7, 11) is 0. The van der Waals surface area contributed by atoms with Crippen LogP contribution in [0.2, 0.25) is 0 Å². The van der Waals surface area contributed by atoms with E-state index in [0.29, 0.717) is 25.1 Å². The number of rotatable bonds is 9. The molecule has 30 heavy (non-hydrogen) atoms. The molecular formula is C25H36ClNO3. The van der Waals surface area contributed by atoms with Crippen LogP contribution < -0.4 is 10.1 Å². The number of aliphatic hydroxyl groups is 1. The fraction of sp³-hybridized carbons (Fsp3) is 0.480. The van der Waals surface area contributed by atoms with Crippen LogP contribution in [0.1, 0.15) is 59.8 Å². The van der Waals surface area contributed by atoms with Gasteiger partial charge in [0.2, 0.25) is 0 Å². The third-order valence-electron chi connectivity index (χ3n) is 4.81. The molecule has 0 fully saturated rings. The lowest BCUT2D eigenvalue weighted by molar-refractivity contribution is 0.0981. The van der Waals surface area contributed by atoms with E-state index in [1.165, 1.54) is 5.56 Å². The topological polar surface area (TPSA) is 58.6 Å². The minimum atomic E-state index is -0.577. The molecule has 2 N–H and O–H groups in total. The van der Waals surface area contributed by atoms with Crippen molar-refractivity contribution in [2.24, 2.45) is 0 Å². The Bertz CT molecular complexity index is 820. The molecule has 5 heteroatoms. The van der Waals surface area contributed by atoms with E-state index in [1.807, 2.05) is 38.1 Å². The second kappa shape index (κ2) is 11.5. The Kier molecular flexibility index (Phi) is 10.0. The van der Waals surface area contributed by atoms with E-state index in [4.69, 9.17) is 4.74 Å². The zero-order valence-electron chi connectivity index (χ0n) is 19.0. The fourth-order valence-corrected chi connectivity index (χ4v) is 3.47. The molecule has 0 aromatic heterocycles. The third kappa shape index (κ3) is 8.47. The molecule has 2 rings (SSSR count). The van der Waals surface area contributed by atoms with Crippen LogP contribution in [0.3, 0.4) is 0 Å². The molecule has 0 aliphatic heterocycles. The highest BCUT2D eigenvalue weighted by molar-refractivity contribution is 5.99. The van der Waals surface area contributed by atoms with Crippen molar-refractivity contribution in [3.8, 4) is 5.75 Å². The lowest BCUT2D eigenvalue weighted by Gasteiger charge is -2.23. The second-order valence-electron chi connectivity index (χ2n) is 8.94. The molecule has 0 heterocycles. The summed E-state index contributed by atoms with van der Waals surface area (Å²) in [5, 5.41) is 13.3. The number of nitrogens with one attached hydrogen (secondary N) is 1. The molecule has 0 radical (unpaired) electrons. The molecule has 2 aromatic rings. The van der Waals surface area contributed by atoms with Crippen molar-refractivity contribution in [1.29, 1.82) is 0 Å². The van der Waals surface area contributed by atoms with Crippen molar-refractivity contribution >= 4 is 18.2 Å². The van der Waals surface area contributed by atoms with Gasteiger partial charge in [0, 0.05) is 24.1 Å². The standard InChI is InChI=1S/C25H35NO3.ClH/c1-17-12-18(2)24(19(3)13-17)23(28)11-10-20-8-7-9-22(14-20)29-16-21(27)15-26-25(4,5)6;/h7-9,12-14,21,26-27H,10-11,15-16H2,1-6H3;1H. The van der Waals surface area contributed by atoms with Crippen molar-refractivity contribution in [1.82, 2.24) is 5.32 Å². The lowest BCUT2D eigenvalue weighted by atomic mass is 9.93. The number of halogens is 1. The number of carbonyl (C=O) groups is 1. The van der Waals surface area contributed by atoms with E-state index in [-0.39, 0.29) is 30.3 Å². The Morgan fingerprint density at radius 3 is 2.33 bits per heavy atom. The number of ketones is 1. The predicted molar refractivity (Wildman–Crippen MR) is 126 cm³/mol. The number of aryl methyl sites for hydroxylation is 4. The van der Waals surface area contributed by atoms with Gasteiger partial charge >= 0.3 is 0 Å². The Balaban J connectivity index is 0.00000450. The third-order valence-corrected chi connectivity index (χ3v) is 4.81. The minimum Gasteiger partial charge on any atom is -0.491 e. The molecule has 1 atom stereocenters. The summed E-state index contributed by atoms with van der Waals surface area (Å²) >= 11 is 0. The summed E-state index contributed by atoms with van der Waals surface area (Å²) in [5.74, 6) is 0.891. The summed E-state index contributed by atoms with van der Waals surface area (Å²) in [6.07, 6.45) is 0.551. The van der Waals surface area contributed by atoms with E-state index < -0.39 is 6.10 Å². The van der Waals surface area contributed by atoms with E-state index in [9.17, 15) is 9.90 Å². The molecule has 0 saturated carbocycles. The second-order valence-corrected chi connectivity index (χ2v) is 8.94. The normalized spacial score (nSPS) is 12.2. The van der Waals surface area contributed by atoms with Crippen molar-refractivity contribution < 1.29 is 14.6 Å². The highest BCUT2D eigenvalue weighted by atomic mass is 35.5. The first-order chi connectivity index (χ1) is 13.5. The zero-order valence-corrected chi connectivity index (χ0v) is 19.9. The number of aliphatic hydroxyl groups excluding tert-OH is 1. The van der Waals surface area contributed by atoms with Gasteiger partial charge in [0.25, 0.3) is 0 Å². The lowest BCUT2D eigenvalue weighted by Crippen LogP contribution is -2.42. The largest absolute Gasteiger partial charge is 0.491 e. The van der Waals surface area contributed by atoms with Crippen LogP contribution in [0.5, 0.6) is 5.75 Å². The number of Topliss-reactive ketones (excluding diaryl/α,β-unsaturated/α-hetero) is 1. The zero-order chi connectivity index (χ0) is 21.6. The Labute approximate surface area is 187 Å². The van der Waals surface area contributed by atoms with Gasteiger partial charge in [-0.3, -0.25) is 4.79 Å². The average Bonchev–Trinajstić information content (AvgIpc) is 2.62. The van der Waals surface area contributed by atoms with Crippen LogP contribution in [0.4, 0.5) is 0 Å². The maximum atomic E-state index is 12.8. The predicted octanol–water partition coefficient (Wildman–Crippen LogP) is 4.98. The van der Waals surface area contributed by atoms with Crippen molar-refractivity contribution in [2.45, 2.75) is 66.0 Å². The maximum absolute atomic E-state index is 12.8. The van der Waals surface area contributed by atoms with Crippen molar-refractivity contribution in [3.63, 3.8) is 0 Å². The molecule has 0 bridgehead atoms.